The third-order valence-electron chi connectivity index (χ3n) is 3.19. The van der Waals surface area contributed by atoms with Crippen LogP contribution in [-0.4, -0.2) is 57.2 Å². The molecule has 9 heteroatoms. The minimum Gasteiger partial charge on any atom is -0.409 e. The molecule has 1 atom stereocenters. The van der Waals surface area contributed by atoms with Crippen LogP contribution in [-0.2, 0) is 10.2 Å². The van der Waals surface area contributed by atoms with Crippen molar-refractivity contribution >= 4 is 23.3 Å². The fourth-order valence-corrected chi connectivity index (χ4v) is 2.89. The molecule has 0 saturated carbocycles. The Labute approximate surface area is 126 Å². The molecule has 1 saturated heterocycles. The molecule has 0 spiro atoms. The first-order chi connectivity index (χ1) is 9.84. The van der Waals surface area contributed by atoms with Crippen molar-refractivity contribution in [2.75, 3.05) is 19.7 Å². The third kappa shape index (κ3) is 3.30. The lowest BCUT2D eigenvalue weighted by molar-refractivity contribution is 0.00688. The predicted octanol–water partition coefficient (Wildman–Crippen LogP) is 0.423. The van der Waals surface area contributed by atoms with Gasteiger partial charge in [0.25, 0.3) is 5.91 Å². The van der Waals surface area contributed by atoms with Crippen LogP contribution in [0.5, 0.6) is 0 Å². The van der Waals surface area contributed by atoms with Crippen LogP contribution in [0, 0.1) is 0 Å². The molecule has 0 radical (unpaired) electrons. The molecule has 1 unspecified atom stereocenters. The Morgan fingerprint density at radius 1 is 1.57 bits per heavy atom. The van der Waals surface area contributed by atoms with Crippen LogP contribution in [0.1, 0.15) is 36.1 Å². The molecule has 116 valence electrons. The monoisotopic (exact) mass is 313 g/mol. The summed E-state index contributed by atoms with van der Waals surface area (Å²) >= 11 is 1.09. The molecule has 2 rings (SSSR count). The van der Waals surface area contributed by atoms with Gasteiger partial charge in [0.1, 0.15) is 11.0 Å². The van der Waals surface area contributed by atoms with Gasteiger partial charge in [-0.1, -0.05) is 30.4 Å². The van der Waals surface area contributed by atoms with Crippen LogP contribution in [0.4, 0.5) is 0 Å². The van der Waals surface area contributed by atoms with Gasteiger partial charge in [0.2, 0.25) is 0 Å². The molecule has 0 bridgehead atoms. The van der Waals surface area contributed by atoms with Crippen LogP contribution in [0.2, 0.25) is 0 Å². The Balaban J connectivity index is 2.19. The van der Waals surface area contributed by atoms with Gasteiger partial charge < -0.3 is 20.6 Å². The lowest BCUT2D eigenvalue weighted by atomic mass is 9.91. The fourth-order valence-electron chi connectivity index (χ4n) is 2.04. The minimum absolute atomic E-state index is 0.0361. The van der Waals surface area contributed by atoms with Gasteiger partial charge in [-0.05, 0) is 11.5 Å². The topological polar surface area (TPSA) is 114 Å². The Kier molecular flexibility index (Phi) is 4.43. The first-order valence-corrected chi connectivity index (χ1v) is 7.33. The van der Waals surface area contributed by atoms with Crippen molar-refractivity contribution in [1.82, 2.24) is 14.5 Å². The number of ether oxygens (including phenoxy) is 1. The van der Waals surface area contributed by atoms with Gasteiger partial charge in [-0.3, -0.25) is 4.79 Å². The highest BCUT2D eigenvalue weighted by Gasteiger charge is 2.32. The van der Waals surface area contributed by atoms with Crippen molar-refractivity contribution in [3.05, 3.63) is 10.6 Å². The van der Waals surface area contributed by atoms with E-state index in [0.717, 1.165) is 11.5 Å². The Bertz CT molecular complexity index is 551. The normalized spacial score (nSPS) is 20.6. The molecule has 21 heavy (non-hydrogen) atoms. The van der Waals surface area contributed by atoms with E-state index in [9.17, 15) is 4.79 Å². The highest BCUT2D eigenvalue weighted by molar-refractivity contribution is 7.08. The molecular formula is C12H19N5O3S. The van der Waals surface area contributed by atoms with Crippen molar-refractivity contribution < 1.29 is 14.7 Å². The number of hydrogen-bond donors (Lipinski definition) is 2. The smallest absolute Gasteiger partial charge is 0.267 e. The minimum atomic E-state index is -0.591. The zero-order valence-electron chi connectivity index (χ0n) is 12.2. The van der Waals surface area contributed by atoms with Gasteiger partial charge in [-0.15, -0.1) is 5.10 Å². The van der Waals surface area contributed by atoms with E-state index in [1.165, 1.54) is 0 Å². The molecule has 1 aromatic heterocycles. The summed E-state index contributed by atoms with van der Waals surface area (Å²) in [5.41, 5.74) is 5.97. The zero-order chi connectivity index (χ0) is 15.6. The summed E-state index contributed by atoms with van der Waals surface area (Å²) < 4.78 is 9.29. The largest absolute Gasteiger partial charge is 0.409 e. The number of amidine groups is 1. The summed E-state index contributed by atoms with van der Waals surface area (Å²) in [6.07, 6.45) is -0.591. The average Bonchev–Trinajstić information content (AvgIpc) is 2.95. The van der Waals surface area contributed by atoms with Crippen molar-refractivity contribution in [2.24, 2.45) is 10.9 Å². The van der Waals surface area contributed by atoms with Crippen LogP contribution in [0.25, 0.3) is 0 Å². The number of nitrogens with zero attached hydrogens (tertiary/aromatic N) is 4. The van der Waals surface area contributed by atoms with Gasteiger partial charge in [0, 0.05) is 12.0 Å². The van der Waals surface area contributed by atoms with Crippen LogP contribution < -0.4 is 5.73 Å². The predicted molar refractivity (Wildman–Crippen MR) is 77.7 cm³/mol. The molecule has 0 aliphatic carbocycles. The molecule has 1 amide bonds. The summed E-state index contributed by atoms with van der Waals surface area (Å²) in [5, 5.41) is 15.7. The highest BCUT2D eigenvalue weighted by atomic mass is 32.1. The van der Waals surface area contributed by atoms with Gasteiger partial charge in [0.15, 0.2) is 5.84 Å². The highest BCUT2D eigenvalue weighted by Crippen LogP contribution is 2.27. The van der Waals surface area contributed by atoms with Gasteiger partial charge in [0.05, 0.1) is 18.8 Å². The molecule has 1 fully saturated rings. The number of oxime groups is 1. The standard InChI is InChI=1S/C12H19N5O3S/c1-12(2,3)9-8(21-16-14-9)11(18)17-4-5-20-7(6-17)10(13)15-19/h7,19H,4-6H2,1-3H3,(H2,13,15). The van der Waals surface area contributed by atoms with Gasteiger partial charge in [-0.25, -0.2) is 0 Å². The Morgan fingerprint density at radius 2 is 2.29 bits per heavy atom. The lowest BCUT2D eigenvalue weighted by Gasteiger charge is -2.32. The maximum atomic E-state index is 12.6. The number of nitrogens with two attached hydrogens (primary N) is 1. The first kappa shape index (κ1) is 15.6. The number of aromatic nitrogens is 2. The number of carbonyl (C=O) groups excluding carboxylic acids is 1. The lowest BCUT2D eigenvalue weighted by Crippen LogP contribution is -2.50. The molecular weight excluding hydrogens is 294 g/mol. The average molecular weight is 313 g/mol. The van der Waals surface area contributed by atoms with Crippen LogP contribution in [0.15, 0.2) is 5.16 Å². The second kappa shape index (κ2) is 5.94. The second-order valence-corrected chi connectivity index (χ2v) is 6.59. The number of rotatable bonds is 2. The molecule has 1 aliphatic rings. The maximum absolute atomic E-state index is 12.6. The number of carbonyl (C=O) groups is 1. The van der Waals surface area contributed by atoms with Gasteiger partial charge >= 0.3 is 0 Å². The maximum Gasteiger partial charge on any atom is 0.267 e. The van der Waals surface area contributed by atoms with Crippen LogP contribution >= 0.6 is 11.5 Å². The van der Waals surface area contributed by atoms with E-state index < -0.39 is 6.10 Å². The molecule has 1 aromatic rings. The second-order valence-electron chi connectivity index (χ2n) is 5.84. The molecule has 8 nitrogen and oxygen atoms in total. The van der Waals surface area contributed by atoms with Crippen LogP contribution in [0.3, 0.4) is 0 Å². The third-order valence-corrected chi connectivity index (χ3v) is 3.91. The van der Waals surface area contributed by atoms with Crippen molar-refractivity contribution in [1.29, 1.82) is 0 Å². The number of morpholine rings is 1. The van der Waals surface area contributed by atoms with E-state index in [1.54, 1.807) is 4.90 Å². The van der Waals surface area contributed by atoms with E-state index in [1.807, 2.05) is 20.8 Å². The van der Waals surface area contributed by atoms with E-state index >= 15 is 0 Å². The van der Waals surface area contributed by atoms with E-state index in [-0.39, 0.29) is 23.7 Å². The van der Waals surface area contributed by atoms with Crippen molar-refractivity contribution in [3.8, 4) is 0 Å². The van der Waals surface area contributed by atoms with Gasteiger partial charge in [-0.2, -0.15) is 0 Å². The SMILES string of the molecule is CC(C)(C)c1nnsc1C(=O)N1CCOC(C(N)=NO)C1. The Morgan fingerprint density at radius 3 is 2.90 bits per heavy atom. The van der Waals surface area contributed by atoms with E-state index in [0.29, 0.717) is 23.7 Å². The number of hydrogen-bond acceptors (Lipinski definition) is 7. The summed E-state index contributed by atoms with van der Waals surface area (Å²) in [4.78, 5) is 14.8. The molecule has 2 heterocycles. The summed E-state index contributed by atoms with van der Waals surface area (Å²) in [6.45, 7) is 6.99. The van der Waals surface area contributed by atoms with E-state index in [4.69, 9.17) is 15.7 Å². The quantitative estimate of drug-likeness (QED) is 0.354. The Hall–Kier alpha value is -1.74. The van der Waals surface area contributed by atoms with E-state index in [2.05, 4.69) is 14.7 Å². The summed E-state index contributed by atoms with van der Waals surface area (Å²) in [7, 11) is 0. The van der Waals surface area contributed by atoms with Crippen molar-refractivity contribution in [3.63, 3.8) is 0 Å². The summed E-state index contributed by atoms with van der Waals surface area (Å²) in [5.74, 6) is -0.181. The molecule has 1 aliphatic heterocycles. The first-order valence-electron chi connectivity index (χ1n) is 6.55. The van der Waals surface area contributed by atoms with Crippen molar-refractivity contribution in [2.45, 2.75) is 32.3 Å². The molecule has 0 aromatic carbocycles. The molecule has 3 N–H and O–H groups in total. The summed E-state index contributed by atoms with van der Waals surface area (Å²) in [6, 6.07) is 0. The number of amides is 1. The fraction of sp³-hybridized carbons (Fsp3) is 0.667. The zero-order valence-corrected chi connectivity index (χ0v) is 13.1.